The topological polar surface area (TPSA) is 50.2 Å². The molecule has 128 valence electrons. The van der Waals surface area contributed by atoms with E-state index in [0.717, 1.165) is 31.7 Å². The zero-order valence-corrected chi connectivity index (χ0v) is 14.0. The van der Waals surface area contributed by atoms with Crippen molar-refractivity contribution in [1.29, 1.82) is 0 Å². The Labute approximate surface area is 141 Å². The fourth-order valence-corrected chi connectivity index (χ4v) is 2.95. The molecule has 0 radical (unpaired) electrons. The van der Waals surface area contributed by atoms with Crippen molar-refractivity contribution in [3.63, 3.8) is 0 Å². The van der Waals surface area contributed by atoms with Gasteiger partial charge >= 0.3 is 0 Å². The van der Waals surface area contributed by atoms with Crippen LogP contribution in [0, 0.1) is 12.7 Å². The molecule has 1 aliphatic heterocycles. The molecular formula is C18H23FN4O. The Bertz CT molecular complexity index is 707. The fourth-order valence-electron chi connectivity index (χ4n) is 2.95. The standard InChI is InChI=1S/C18H23FN4O/c1-14-5-6-16(19)11-17(14)21-18(24)15-12-20-23(13-15)10-9-22-7-3-2-4-8-22/h5-6,11-13H,2-4,7-10H2,1H3,(H,21,24). The second kappa shape index (κ2) is 7.57. The molecule has 2 heterocycles. The van der Waals surface area contributed by atoms with Gasteiger partial charge in [-0.2, -0.15) is 5.10 Å². The van der Waals surface area contributed by atoms with Gasteiger partial charge in [-0.3, -0.25) is 9.48 Å². The summed E-state index contributed by atoms with van der Waals surface area (Å²) in [5.41, 5.74) is 1.79. The van der Waals surface area contributed by atoms with Crippen molar-refractivity contribution in [3.05, 3.63) is 47.5 Å². The smallest absolute Gasteiger partial charge is 0.258 e. The number of piperidine rings is 1. The number of nitrogens with zero attached hydrogens (tertiary/aromatic N) is 3. The average molecular weight is 330 g/mol. The lowest BCUT2D eigenvalue weighted by molar-refractivity contribution is 0.102. The molecule has 1 aliphatic rings. The van der Waals surface area contributed by atoms with Crippen LogP contribution < -0.4 is 5.32 Å². The molecule has 0 aliphatic carbocycles. The first-order chi connectivity index (χ1) is 11.6. The summed E-state index contributed by atoms with van der Waals surface area (Å²) in [6.07, 6.45) is 7.15. The van der Waals surface area contributed by atoms with E-state index >= 15 is 0 Å². The molecule has 5 nitrogen and oxygen atoms in total. The van der Waals surface area contributed by atoms with E-state index in [1.54, 1.807) is 23.1 Å². The average Bonchev–Trinajstić information content (AvgIpc) is 3.06. The monoisotopic (exact) mass is 330 g/mol. The number of hydrogen-bond acceptors (Lipinski definition) is 3. The van der Waals surface area contributed by atoms with E-state index < -0.39 is 0 Å². The van der Waals surface area contributed by atoms with Gasteiger partial charge in [0, 0.05) is 18.4 Å². The maximum Gasteiger partial charge on any atom is 0.258 e. The number of carbonyl (C=O) groups excluding carboxylic acids is 1. The summed E-state index contributed by atoms with van der Waals surface area (Å²) in [6.45, 7) is 5.84. The van der Waals surface area contributed by atoms with Crippen LogP contribution in [0.15, 0.2) is 30.6 Å². The summed E-state index contributed by atoms with van der Waals surface area (Å²) >= 11 is 0. The van der Waals surface area contributed by atoms with Crippen molar-refractivity contribution in [2.75, 3.05) is 25.0 Å². The van der Waals surface area contributed by atoms with Crippen LogP contribution >= 0.6 is 0 Å². The summed E-state index contributed by atoms with van der Waals surface area (Å²) in [5, 5.41) is 7.00. The number of halogens is 1. The second-order valence-electron chi connectivity index (χ2n) is 6.31. The van der Waals surface area contributed by atoms with Crippen molar-refractivity contribution in [1.82, 2.24) is 14.7 Å². The summed E-state index contributed by atoms with van der Waals surface area (Å²) < 4.78 is 15.1. The minimum Gasteiger partial charge on any atom is -0.322 e. The maximum absolute atomic E-state index is 13.3. The lowest BCUT2D eigenvalue weighted by Crippen LogP contribution is -2.32. The largest absolute Gasteiger partial charge is 0.322 e. The van der Waals surface area contributed by atoms with Gasteiger partial charge in [-0.15, -0.1) is 0 Å². The molecule has 1 fully saturated rings. The zero-order chi connectivity index (χ0) is 16.9. The number of nitrogens with one attached hydrogen (secondary N) is 1. The minimum absolute atomic E-state index is 0.270. The van der Waals surface area contributed by atoms with Crippen LogP contribution in [0.3, 0.4) is 0 Å². The van der Waals surface area contributed by atoms with Crippen molar-refractivity contribution < 1.29 is 9.18 Å². The number of rotatable bonds is 5. The number of benzene rings is 1. The van der Waals surface area contributed by atoms with Gasteiger partial charge in [0.05, 0.1) is 18.3 Å². The molecule has 3 rings (SSSR count). The lowest BCUT2D eigenvalue weighted by atomic mass is 10.1. The van der Waals surface area contributed by atoms with E-state index in [1.807, 2.05) is 6.92 Å². The number of anilines is 1. The van der Waals surface area contributed by atoms with E-state index in [0.29, 0.717) is 11.3 Å². The molecule has 24 heavy (non-hydrogen) atoms. The molecule has 0 unspecified atom stereocenters. The van der Waals surface area contributed by atoms with Gasteiger partial charge in [-0.05, 0) is 50.6 Å². The Kier molecular flexibility index (Phi) is 5.25. The Morgan fingerprint density at radius 2 is 2.04 bits per heavy atom. The Morgan fingerprint density at radius 1 is 1.25 bits per heavy atom. The van der Waals surface area contributed by atoms with Crippen LogP contribution in [0.5, 0.6) is 0 Å². The number of likely N-dealkylation sites (tertiary alicyclic amines) is 1. The molecule has 1 aromatic heterocycles. The van der Waals surface area contributed by atoms with Gasteiger partial charge in [0.25, 0.3) is 5.91 Å². The second-order valence-corrected chi connectivity index (χ2v) is 6.31. The first-order valence-corrected chi connectivity index (χ1v) is 8.44. The van der Waals surface area contributed by atoms with E-state index in [1.165, 1.54) is 31.4 Å². The van der Waals surface area contributed by atoms with Crippen molar-refractivity contribution in [2.45, 2.75) is 32.7 Å². The van der Waals surface area contributed by atoms with E-state index in [4.69, 9.17) is 0 Å². The van der Waals surface area contributed by atoms with Crippen LogP contribution in [-0.2, 0) is 6.54 Å². The molecule has 0 bridgehead atoms. The maximum atomic E-state index is 13.3. The SMILES string of the molecule is Cc1ccc(F)cc1NC(=O)c1cnn(CCN2CCCCC2)c1. The normalized spacial score (nSPS) is 15.4. The van der Waals surface area contributed by atoms with Gasteiger partial charge in [0.1, 0.15) is 5.82 Å². The molecule has 1 N–H and O–H groups in total. The van der Waals surface area contributed by atoms with Crippen LogP contribution in [0.25, 0.3) is 0 Å². The van der Waals surface area contributed by atoms with Crippen LogP contribution in [0.4, 0.5) is 10.1 Å². The Balaban J connectivity index is 1.58. The van der Waals surface area contributed by atoms with Gasteiger partial charge in [-0.25, -0.2) is 4.39 Å². The van der Waals surface area contributed by atoms with Crippen LogP contribution in [0.1, 0.15) is 35.2 Å². The molecule has 0 spiro atoms. The number of hydrogen-bond donors (Lipinski definition) is 1. The predicted molar refractivity (Wildman–Crippen MR) is 91.6 cm³/mol. The molecular weight excluding hydrogens is 307 g/mol. The number of amides is 1. The third kappa shape index (κ3) is 4.20. The summed E-state index contributed by atoms with van der Waals surface area (Å²) in [7, 11) is 0. The lowest BCUT2D eigenvalue weighted by Gasteiger charge is -2.26. The first-order valence-electron chi connectivity index (χ1n) is 8.44. The Hall–Kier alpha value is -2.21. The van der Waals surface area contributed by atoms with Crippen molar-refractivity contribution in [3.8, 4) is 0 Å². The zero-order valence-electron chi connectivity index (χ0n) is 14.0. The first kappa shape index (κ1) is 16.6. The van der Waals surface area contributed by atoms with E-state index in [9.17, 15) is 9.18 Å². The number of aryl methyl sites for hydroxylation is 1. The highest BCUT2D eigenvalue weighted by Crippen LogP contribution is 2.17. The molecule has 1 aromatic carbocycles. The van der Waals surface area contributed by atoms with Gasteiger partial charge in [0.15, 0.2) is 0 Å². The molecule has 0 atom stereocenters. The van der Waals surface area contributed by atoms with Gasteiger partial charge in [0.2, 0.25) is 0 Å². The Morgan fingerprint density at radius 3 is 2.83 bits per heavy atom. The van der Waals surface area contributed by atoms with Crippen LogP contribution in [0.2, 0.25) is 0 Å². The summed E-state index contributed by atoms with van der Waals surface area (Å²) in [5.74, 6) is -0.638. The number of carbonyl (C=O) groups is 1. The molecule has 6 heteroatoms. The fraction of sp³-hybridized carbons (Fsp3) is 0.444. The molecule has 2 aromatic rings. The predicted octanol–water partition coefficient (Wildman–Crippen LogP) is 3.07. The molecule has 1 amide bonds. The van der Waals surface area contributed by atoms with Crippen LogP contribution in [-0.4, -0.2) is 40.2 Å². The quantitative estimate of drug-likeness (QED) is 0.916. The molecule has 0 saturated carbocycles. The third-order valence-electron chi connectivity index (χ3n) is 4.44. The highest BCUT2D eigenvalue weighted by atomic mass is 19.1. The highest BCUT2D eigenvalue weighted by molar-refractivity contribution is 6.04. The highest BCUT2D eigenvalue weighted by Gasteiger charge is 2.13. The van der Waals surface area contributed by atoms with Gasteiger partial charge in [-0.1, -0.05) is 12.5 Å². The van der Waals surface area contributed by atoms with E-state index in [2.05, 4.69) is 15.3 Å². The minimum atomic E-state index is -0.367. The van der Waals surface area contributed by atoms with Crippen molar-refractivity contribution in [2.24, 2.45) is 0 Å². The van der Waals surface area contributed by atoms with Gasteiger partial charge < -0.3 is 10.2 Å². The van der Waals surface area contributed by atoms with Crippen molar-refractivity contribution >= 4 is 11.6 Å². The number of aromatic nitrogens is 2. The summed E-state index contributed by atoms with van der Waals surface area (Å²) in [6, 6.07) is 4.35. The van der Waals surface area contributed by atoms with E-state index in [-0.39, 0.29) is 11.7 Å². The molecule has 1 saturated heterocycles. The third-order valence-corrected chi connectivity index (χ3v) is 4.44. The summed E-state index contributed by atoms with van der Waals surface area (Å²) in [4.78, 5) is 14.7.